The van der Waals surface area contributed by atoms with Gasteiger partial charge in [-0.15, -0.1) is 10.1 Å². The topological polar surface area (TPSA) is 129 Å². The van der Waals surface area contributed by atoms with Gasteiger partial charge in [0.1, 0.15) is 23.9 Å². The number of nitrogens with one attached hydrogen (secondary N) is 1. The molecule has 0 spiro atoms. The van der Waals surface area contributed by atoms with Gasteiger partial charge in [0.2, 0.25) is 6.10 Å². The predicted molar refractivity (Wildman–Crippen MR) is 90.0 cm³/mol. The van der Waals surface area contributed by atoms with E-state index in [0.717, 1.165) is 5.64 Å². The van der Waals surface area contributed by atoms with Crippen molar-refractivity contribution in [3.63, 3.8) is 0 Å². The Morgan fingerprint density at radius 1 is 1.24 bits per heavy atom. The van der Waals surface area contributed by atoms with E-state index in [-0.39, 0.29) is 24.3 Å². The van der Waals surface area contributed by atoms with E-state index in [0.29, 0.717) is 0 Å². The Morgan fingerprint density at radius 2 is 1.88 bits per heavy atom. The molecule has 0 fully saturated rings. The van der Waals surface area contributed by atoms with Gasteiger partial charge in [0.25, 0.3) is 5.09 Å². The fourth-order valence-corrected chi connectivity index (χ4v) is 3.11. The summed E-state index contributed by atoms with van der Waals surface area (Å²) in [6.07, 6.45) is -10.0. The van der Waals surface area contributed by atoms with Gasteiger partial charge >= 0.3 is 22.4 Å². The van der Waals surface area contributed by atoms with Gasteiger partial charge in [0.05, 0.1) is 5.57 Å². The van der Waals surface area contributed by atoms with E-state index >= 15 is 0 Å². The molecule has 0 saturated heterocycles. The molecule has 2 rings (SSSR count). The summed E-state index contributed by atoms with van der Waals surface area (Å²) in [4.78, 5) is 28.2. The molecule has 19 heteroatoms. The summed E-state index contributed by atoms with van der Waals surface area (Å²) in [5, 5.41) is 17.3. The highest BCUT2D eigenvalue weighted by molar-refractivity contribution is 8.45. The van der Waals surface area contributed by atoms with E-state index < -0.39 is 74.7 Å². The van der Waals surface area contributed by atoms with E-state index in [9.17, 15) is 47.5 Å². The molecule has 0 saturated carbocycles. The van der Waals surface area contributed by atoms with Crippen molar-refractivity contribution >= 4 is 22.3 Å². The van der Waals surface area contributed by atoms with E-state index in [1.54, 1.807) is 0 Å². The molecule has 0 aromatic heterocycles. The first kappa shape index (κ1) is 26.4. The maximum atomic E-state index is 13.4. The summed E-state index contributed by atoms with van der Waals surface area (Å²) in [6.45, 7) is -1.98. The zero-order valence-corrected chi connectivity index (χ0v) is 16.4. The molecule has 1 aliphatic heterocycles. The predicted octanol–water partition coefficient (Wildman–Crippen LogP) is 4.08. The fraction of sp³-hybridized carbons (Fsp3) is 0.357. The summed E-state index contributed by atoms with van der Waals surface area (Å²) in [5.41, 5.74) is -1.30. The number of benzene rings is 1. The lowest BCUT2D eigenvalue weighted by atomic mass is 10.0. The number of alkyl halides is 3. The van der Waals surface area contributed by atoms with E-state index in [1.165, 1.54) is 0 Å². The molecule has 0 aliphatic carbocycles. The molecule has 33 heavy (non-hydrogen) atoms. The summed E-state index contributed by atoms with van der Waals surface area (Å²) >= 11 is 0. The van der Waals surface area contributed by atoms with Gasteiger partial charge in [-0.05, 0) is 24.3 Å². The fourth-order valence-electron chi connectivity index (χ4n) is 2.44. The van der Waals surface area contributed by atoms with Gasteiger partial charge in [0, 0.05) is 5.56 Å². The Hall–Kier alpha value is -2.90. The molecule has 188 valence electrons. The van der Waals surface area contributed by atoms with Crippen LogP contribution >= 0.6 is 10.2 Å². The summed E-state index contributed by atoms with van der Waals surface area (Å²) in [6, 6.07) is -0.146. The third-order valence-corrected chi connectivity index (χ3v) is 4.92. The average molecular weight is 520 g/mol. The first-order chi connectivity index (χ1) is 14.8. The lowest BCUT2D eigenvalue weighted by molar-refractivity contribution is -0.759. The van der Waals surface area contributed by atoms with Crippen LogP contribution in [0.15, 0.2) is 28.7 Å². The van der Waals surface area contributed by atoms with Crippen molar-refractivity contribution in [2.45, 2.75) is 23.3 Å². The lowest BCUT2D eigenvalue weighted by Gasteiger charge is -2.41. The quantitative estimate of drug-likeness (QED) is 0.214. The standard InChI is InChI=1S/C14H12F8N2O8S/c15-14(16,17)12-10(13(25)31-8(5-29-23-26)6-30-24(27)28)4-7-3-9(1-2-11(7)32-12)33(18,19,20,21)22/h1-4,8,12,23,26H,5-6H2/t8?,12-/m0/s1. The maximum absolute atomic E-state index is 13.4. The van der Waals surface area contributed by atoms with Gasteiger partial charge < -0.3 is 14.3 Å². The van der Waals surface area contributed by atoms with Crippen LogP contribution in [0.3, 0.4) is 0 Å². The molecule has 2 N–H and O–H groups in total. The van der Waals surface area contributed by atoms with Crippen molar-refractivity contribution in [3.8, 4) is 5.75 Å². The molecule has 0 bridgehead atoms. The molecule has 1 unspecified atom stereocenters. The number of esters is 1. The van der Waals surface area contributed by atoms with Crippen LogP contribution in [0.25, 0.3) is 6.08 Å². The van der Waals surface area contributed by atoms with Gasteiger partial charge in [-0.2, -0.15) is 13.2 Å². The highest BCUT2D eigenvalue weighted by atomic mass is 32.5. The number of ether oxygens (including phenoxy) is 2. The molecule has 10 nitrogen and oxygen atoms in total. The molecular weight excluding hydrogens is 508 g/mol. The van der Waals surface area contributed by atoms with Crippen LogP contribution in [0.5, 0.6) is 5.75 Å². The van der Waals surface area contributed by atoms with Gasteiger partial charge in [-0.1, -0.05) is 25.1 Å². The largest absolute Gasteiger partial charge is 0.475 e. The number of carbonyl (C=O) groups excluding carboxylic acids is 1. The molecule has 1 aliphatic rings. The molecular formula is C14H12F8N2O8S. The summed E-state index contributed by atoms with van der Waals surface area (Å²) in [5.74, 6) is -2.79. The number of hydrogen-bond donors (Lipinski definition) is 2. The highest BCUT2D eigenvalue weighted by Gasteiger charge is 2.65. The van der Waals surface area contributed by atoms with Crippen LogP contribution < -0.4 is 10.4 Å². The minimum Gasteiger partial charge on any atom is -0.475 e. The van der Waals surface area contributed by atoms with Crippen LogP contribution in [0.1, 0.15) is 5.56 Å². The zero-order valence-electron chi connectivity index (χ0n) is 15.6. The van der Waals surface area contributed by atoms with Crippen molar-refractivity contribution in [1.29, 1.82) is 0 Å². The first-order valence-corrected chi connectivity index (χ1v) is 10.1. The Balaban J connectivity index is 2.46. The van der Waals surface area contributed by atoms with Gasteiger partial charge in [-0.25, -0.2) is 4.79 Å². The van der Waals surface area contributed by atoms with Gasteiger partial charge in [0.15, 0.2) is 6.10 Å². The van der Waals surface area contributed by atoms with E-state index in [2.05, 4.69) is 19.1 Å². The van der Waals surface area contributed by atoms with E-state index in [1.807, 2.05) is 0 Å². The molecule has 0 amide bonds. The van der Waals surface area contributed by atoms with E-state index in [4.69, 9.17) is 5.21 Å². The highest BCUT2D eigenvalue weighted by Crippen LogP contribution is 3.02. The number of hydrogen-bond acceptors (Lipinski definition) is 9. The van der Waals surface area contributed by atoms with Crippen molar-refractivity contribution in [2.24, 2.45) is 0 Å². The molecule has 2 atom stereocenters. The van der Waals surface area contributed by atoms with Crippen LogP contribution in [0, 0.1) is 10.1 Å². The number of halogens is 8. The maximum Gasteiger partial charge on any atom is 0.430 e. The van der Waals surface area contributed by atoms with Crippen LogP contribution in [0.4, 0.5) is 32.6 Å². The van der Waals surface area contributed by atoms with Crippen LogP contribution in [-0.4, -0.2) is 47.9 Å². The van der Waals surface area contributed by atoms with Crippen molar-refractivity contribution in [3.05, 3.63) is 39.4 Å². The van der Waals surface area contributed by atoms with Gasteiger partial charge in [-0.3, -0.25) is 10.0 Å². The average Bonchev–Trinajstić information content (AvgIpc) is 2.65. The second-order valence-electron chi connectivity index (χ2n) is 6.26. The van der Waals surface area contributed by atoms with Crippen molar-refractivity contribution in [2.75, 3.05) is 13.2 Å². The Morgan fingerprint density at radius 3 is 2.39 bits per heavy atom. The number of nitrogens with zero attached hydrogens (tertiary/aromatic N) is 1. The molecule has 1 aromatic rings. The molecule has 0 radical (unpaired) electrons. The third kappa shape index (κ3) is 7.04. The molecule has 1 heterocycles. The number of fused-ring (bicyclic) bond motifs is 1. The Kier molecular flexibility index (Phi) is 6.51. The smallest absolute Gasteiger partial charge is 0.430 e. The minimum atomic E-state index is -10.2. The normalized spacial score (nSPS) is 19.2. The minimum absolute atomic E-state index is 0.171. The lowest BCUT2D eigenvalue weighted by Crippen LogP contribution is -2.42. The zero-order chi connectivity index (χ0) is 25.3. The summed E-state index contributed by atoms with van der Waals surface area (Å²) < 4.78 is 114. The van der Waals surface area contributed by atoms with Crippen LogP contribution in [-0.2, 0) is 19.2 Å². The van der Waals surface area contributed by atoms with Crippen molar-refractivity contribution in [1.82, 2.24) is 5.64 Å². The summed E-state index contributed by atoms with van der Waals surface area (Å²) in [7, 11) is -10.2. The second kappa shape index (κ2) is 8.15. The molecule has 1 aromatic carbocycles. The Bertz CT molecular complexity index is 969. The monoisotopic (exact) mass is 520 g/mol. The Labute approximate surface area is 177 Å². The number of carbonyl (C=O) groups is 1. The first-order valence-electron chi connectivity index (χ1n) is 8.14. The SMILES string of the molecule is O=C(OC(CONO)CO[N+](=O)[O-])C1=Cc2cc(S(F)(F)(F)(F)F)ccc2O[C@@H]1C(F)(F)F. The third-order valence-electron chi connectivity index (χ3n) is 3.77. The van der Waals surface area contributed by atoms with Crippen molar-refractivity contribution < 1.29 is 66.8 Å². The second-order valence-corrected chi connectivity index (χ2v) is 8.67. The van der Waals surface area contributed by atoms with Crippen LogP contribution in [0.2, 0.25) is 0 Å². The number of rotatable bonds is 9.